The summed E-state index contributed by atoms with van der Waals surface area (Å²) in [6.45, 7) is 6.23. The first-order valence-electron chi connectivity index (χ1n) is 7.16. The van der Waals surface area contributed by atoms with E-state index in [0.29, 0.717) is 0 Å². The summed E-state index contributed by atoms with van der Waals surface area (Å²) in [7, 11) is 3.63. The molecule has 0 saturated heterocycles. The van der Waals surface area contributed by atoms with E-state index < -0.39 is 0 Å². The van der Waals surface area contributed by atoms with E-state index in [9.17, 15) is 0 Å². The van der Waals surface area contributed by atoms with Gasteiger partial charge in [-0.3, -0.25) is 10.5 Å². The van der Waals surface area contributed by atoms with Gasteiger partial charge in [0.15, 0.2) is 0 Å². The number of nitrogens with zero attached hydrogens (tertiary/aromatic N) is 2. The van der Waals surface area contributed by atoms with Crippen molar-refractivity contribution >= 4 is 0 Å². The van der Waals surface area contributed by atoms with Gasteiger partial charge in [-0.15, -0.1) is 0 Å². The van der Waals surface area contributed by atoms with Gasteiger partial charge >= 0.3 is 0 Å². The molecule has 0 aliphatic carbocycles. The van der Waals surface area contributed by atoms with Gasteiger partial charge in [-0.05, 0) is 37.5 Å². The van der Waals surface area contributed by atoms with Crippen molar-refractivity contribution in [1.82, 2.24) is 15.2 Å². The summed E-state index contributed by atoms with van der Waals surface area (Å²) < 4.78 is 7.48. The van der Waals surface area contributed by atoms with E-state index in [2.05, 4.69) is 49.5 Å². The molecule has 0 bridgehead atoms. The highest BCUT2D eigenvalue weighted by Crippen LogP contribution is 2.33. The number of rotatable bonds is 5. The fourth-order valence-electron chi connectivity index (χ4n) is 2.63. The van der Waals surface area contributed by atoms with Crippen LogP contribution < -0.4 is 16.0 Å². The van der Waals surface area contributed by atoms with E-state index in [1.54, 1.807) is 7.11 Å². The number of aromatic nitrogens is 2. The number of hydrogen-bond donors (Lipinski definition) is 2. The Labute approximate surface area is 126 Å². The first kappa shape index (κ1) is 15.5. The normalized spacial score (nSPS) is 12.5. The minimum atomic E-state index is -0.156. The van der Waals surface area contributed by atoms with Crippen LogP contribution in [0.3, 0.4) is 0 Å². The number of methoxy groups -OCH3 is 1. The highest BCUT2D eigenvalue weighted by atomic mass is 16.5. The van der Waals surface area contributed by atoms with Crippen LogP contribution in [-0.2, 0) is 13.5 Å². The van der Waals surface area contributed by atoms with Crippen LogP contribution in [0.5, 0.6) is 5.75 Å². The van der Waals surface area contributed by atoms with Crippen molar-refractivity contribution in [2.45, 2.75) is 33.2 Å². The third-order valence-corrected chi connectivity index (χ3v) is 4.01. The molecule has 2 aromatic rings. The van der Waals surface area contributed by atoms with Crippen molar-refractivity contribution in [2.75, 3.05) is 7.11 Å². The van der Waals surface area contributed by atoms with Gasteiger partial charge in [0.1, 0.15) is 5.75 Å². The average molecular weight is 288 g/mol. The monoisotopic (exact) mass is 288 g/mol. The van der Waals surface area contributed by atoms with Crippen molar-refractivity contribution < 1.29 is 4.74 Å². The summed E-state index contributed by atoms with van der Waals surface area (Å²) in [5.41, 5.74) is 8.32. The van der Waals surface area contributed by atoms with E-state index in [1.807, 2.05) is 11.7 Å². The van der Waals surface area contributed by atoms with Gasteiger partial charge in [-0.2, -0.15) is 5.10 Å². The van der Waals surface area contributed by atoms with Crippen molar-refractivity contribution in [1.29, 1.82) is 0 Å². The van der Waals surface area contributed by atoms with Crippen molar-refractivity contribution in [2.24, 2.45) is 12.9 Å². The molecule has 5 nitrogen and oxygen atoms in total. The number of nitrogens with one attached hydrogen (secondary N) is 1. The van der Waals surface area contributed by atoms with Gasteiger partial charge in [-0.25, -0.2) is 5.43 Å². The van der Waals surface area contributed by atoms with Crippen LogP contribution in [0.15, 0.2) is 18.2 Å². The molecule has 0 spiro atoms. The molecule has 0 radical (unpaired) electrons. The lowest BCUT2D eigenvalue weighted by molar-refractivity contribution is 0.399. The Morgan fingerprint density at radius 3 is 2.62 bits per heavy atom. The Hall–Kier alpha value is -1.85. The van der Waals surface area contributed by atoms with Gasteiger partial charge in [-0.1, -0.05) is 19.1 Å². The maximum atomic E-state index is 5.82. The summed E-state index contributed by atoms with van der Waals surface area (Å²) in [5.74, 6) is 6.69. The maximum absolute atomic E-state index is 5.82. The molecule has 0 aliphatic rings. The lowest BCUT2D eigenvalue weighted by atomic mass is 9.97. The summed E-state index contributed by atoms with van der Waals surface area (Å²) in [6.07, 6.45) is 0.898. The maximum Gasteiger partial charge on any atom is 0.127 e. The molecule has 3 N–H and O–H groups in total. The SMILES string of the molecule is CCc1cc(C(NN)c2ccc(C)c(C)c2OC)n(C)n1. The van der Waals surface area contributed by atoms with Crippen molar-refractivity contribution in [3.05, 3.63) is 46.3 Å². The zero-order chi connectivity index (χ0) is 15.6. The van der Waals surface area contributed by atoms with Gasteiger partial charge in [0.25, 0.3) is 0 Å². The Morgan fingerprint density at radius 2 is 2.10 bits per heavy atom. The summed E-state index contributed by atoms with van der Waals surface area (Å²) in [4.78, 5) is 0. The van der Waals surface area contributed by atoms with Crippen LogP contribution in [0, 0.1) is 13.8 Å². The fourth-order valence-corrected chi connectivity index (χ4v) is 2.63. The molecule has 0 saturated carbocycles. The molecule has 1 unspecified atom stereocenters. The molecule has 21 heavy (non-hydrogen) atoms. The first-order valence-corrected chi connectivity index (χ1v) is 7.16. The molecule has 1 aromatic heterocycles. The van der Waals surface area contributed by atoms with E-state index in [1.165, 1.54) is 5.56 Å². The van der Waals surface area contributed by atoms with Gasteiger partial charge in [0.05, 0.1) is 24.5 Å². The zero-order valence-electron chi connectivity index (χ0n) is 13.4. The lowest BCUT2D eigenvalue weighted by Crippen LogP contribution is -2.30. The highest BCUT2D eigenvalue weighted by Gasteiger charge is 2.22. The zero-order valence-corrected chi connectivity index (χ0v) is 13.4. The molecule has 114 valence electrons. The summed E-state index contributed by atoms with van der Waals surface area (Å²) >= 11 is 0. The Kier molecular flexibility index (Phi) is 4.65. The molecular formula is C16H24N4O. The minimum Gasteiger partial charge on any atom is -0.496 e. The second kappa shape index (κ2) is 6.28. The second-order valence-corrected chi connectivity index (χ2v) is 5.27. The fraction of sp³-hybridized carbons (Fsp3) is 0.438. The van der Waals surface area contributed by atoms with E-state index in [-0.39, 0.29) is 6.04 Å². The first-order chi connectivity index (χ1) is 10.0. The largest absolute Gasteiger partial charge is 0.496 e. The van der Waals surface area contributed by atoms with Crippen LogP contribution in [-0.4, -0.2) is 16.9 Å². The molecule has 2 rings (SSSR count). The number of benzene rings is 1. The molecule has 1 aromatic carbocycles. The topological polar surface area (TPSA) is 65.1 Å². The van der Waals surface area contributed by atoms with Crippen LogP contribution in [0.1, 0.15) is 41.0 Å². The summed E-state index contributed by atoms with van der Waals surface area (Å²) in [6, 6.07) is 6.08. The average Bonchev–Trinajstić information content (AvgIpc) is 2.85. The highest BCUT2D eigenvalue weighted by molar-refractivity contribution is 5.49. The second-order valence-electron chi connectivity index (χ2n) is 5.27. The lowest BCUT2D eigenvalue weighted by Gasteiger charge is -2.21. The Morgan fingerprint density at radius 1 is 1.38 bits per heavy atom. The van der Waals surface area contributed by atoms with Gasteiger partial charge < -0.3 is 4.74 Å². The molecule has 0 amide bonds. The van der Waals surface area contributed by atoms with Gasteiger partial charge in [0, 0.05) is 12.6 Å². The Bertz CT molecular complexity index is 633. The van der Waals surface area contributed by atoms with Crippen molar-refractivity contribution in [3.8, 4) is 5.75 Å². The molecule has 0 fully saturated rings. The number of ether oxygens (including phenoxy) is 1. The number of hydrogen-bond acceptors (Lipinski definition) is 4. The molecule has 1 atom stereocenters. The quantitative estimate of drug-likeness (QED) is 0.653. The van der Waals surface area contributed by atoms with Crippen molar-refractivity contribution in [3.63, 3.8) is 0 Å². The number of nitrogens with two attached hydrogens (primary N) is 1. The van der Waals surface area contributed by atoms with Crippen LogP contribution in [0.2, 0.25) is 0 Å². The third kappa shape index (κ3) is 2.80. The molecule has 0 aliphatic heterocycles. The predicted octanol–water partition coefficient (Wildman–Crippen LogP) is 2.16. The summed E-state index contributed by atoms with van der Waals surface area (Å²) in [5, 5.41) is 4.50. The standard InChI is InChI=1S/C16H24N4O/c1-6-12-9-14(20(4)19-12)15(18-17)13-8-7-10(2)11(3)16(13)21-5/h7-9,15,18H,6,17H2,1-5H3. The number of hydrazine groups is 1. The van der Waals surface area contributed by atoms with E-state index >= 15 is 0 Å². The minimum absolute atomic E-state index is 0.156. The van der Waals surface area contributed by atoms with Crippen LogP contribution in [0.25, 0.3) is 0 Å². The van der Waals surface area contributed by atoms with Crippen LogP contribution in [0.4, 0.5) is 0 Å². The molecule has 1 heterocycles. The van der Waals surface area contributed by atoms with E-state index in [0.717, 1.165) is 34.7 Å². The Balaban J connectivity index is 2.56. The van der Waals surface area contributed by atoms with Gasteiger partial charge in [0.2, 0.25) is 0 Å². The predicted molar refractivity (Wildman–Crippen MR) is 84.2 cm³/mol. The van der Waals surface area contributed by atoms with E-state index in [4.69, 9.17) is 10.6 Å². The molecular weight excluding hydrogens is 264 g/mol. The third-order valence-electron chi connectivity index (χ3n) is 4.01. The number of aryl methyl sites for hydroxylation is 3. The smallest absolute Gasteiger partial charge is 0.127 e. The molecule has 5 heteroatoms. The van der Waals surface area contributed by atoms with Crippen LogP contribution >= 0.6 is 0 Å².